The number of rotatable bonds is 6. The van der Waals surface area contributed by atoms with Gasteiger partial charge in [0.1, 0.15) is 12.4 Å². The van der Waals surface area contributed by atoms with E-state index in [1.807, 2.05) is 31.5 Å². The van der Waals surface area contributed by atoms with E-state index in [1.54, 1.807) is 13.1 Å². The molecule has 0 radical (unpaired) electrons. The number of benzene rings is 1. The minimum Gasteiger partial charge on any atom is -0.351 e. The molecule has 1 aromatic heterocycles. The van der Waals surface area contributed by atoms with Crippen molar-refractivity contribution >= 4 is 17.4 Å². The van der Waals surface area contributed by atoms with Gasteiger partial charge in [0.25, 0.3) is 5.91 Å². The van der Waals surface area contributed by atoms with Crippen LogP contribution >= 0.6 is 0 Å². The van der Waals surface area contributed by atoms with E-state index in [1.165, 1.54) is 18.2 Å². The van der Waals surface area contributed by atoms with Gasteiger partial charge in [-0.15, -0.1) is 0 Å². The third-order valence-electron chi connectivity index (χ3n) is 4.11. The summed E-state index contributed by atoms with van der Waals surface area (Å²) in [6.45, 7) is 4.22. The first-order valence-electron chi connectivity index (χ1n) is 7.80. The summed E-state index contributed by atoms with van der Waals surface area (Å²) < 4.78 is 15.1. The molecule has 0 spiro atoms. The number of ketones is 1. The predicted octanol–water partition coefficient (Wildman–Crippen LogP) is 1.12. The van der Waals surface area contributed by atoms with Crippen molar-refractivity contribution in [3.8, 4) is 0 Å². The minimum absolute atomic E-state index is 0.00672. The van der Waals surface area contributed by atoms with Crippen molar-refractivity contribution in [3.05, 3.63) is 53.1 Å². The number of amides is 1. The van der Waals surface area contributed by atoms with Crippen LogP contribution in [0.2, 0.25) is 0 Å². The van der Waals surface area contributed by atoms with Crippen molar-refractivity contribution in [1.29, 1.82) is 0 Å². The molecule has 128 valence electrons. The molecule has 0 fully saturated rings. The monoisotopic (exact) mass is 332 g/mol. The van der Waals surface area contributed by atoms with Crippen molar-refractivity contribution in [2.45, 2.75) is 13.8 Å². The van der Waals surface area contributed by atoms with Gasteiger partial charge in [0, 0.05) is 29.7 Å². The second-order valence-electron chi connectivity index (χ2n) is 6.14. The van der Waals surface area contributed by atoms with E-state index in [4.69, 9.17) is 0 Å². The number of likely N-dealkylation sites (N-methyl/N-ethyl adjacent to an activating group) is 1. The SMILES string of the molecule is Cc1cc(C(=O)C[NH+](C)CC(=O)Nc2cccc(F)c2)c(C)n1C. The van der Waals surface area contributed by atoms with Crippen molar-refractivity contribution in [2.75, 3.05) is 25.5 Å². The standard InChI is InChI=1S/C18H22FN3O2/c1-12-8-16(13(2)22(12)4)17(23)10-21(3)11-18(24)20-15-7-5-6-14(19)9-15/h5-9H,10-11H2,1-4H3,(H,20,24)/p+1. The summed E-state index contributed by atoms with van der Waals surface area (Å²) >= 11 is 0. The number of anilines is 1. The van der Waals surface area contributed by atoms with E-state index in [9.17, 15) is 14.0 Å². The van der Waals surface area contributed by atoms with Gasteiger partial charge in [-0.3, -0.25) is 9.59 Å². The van der Waals surface area contributed by atoms with Gasteiger partial charge >= 0.3 is 0 Å². The average molecular weight is 332 g/mol. The zero-order valence-electron chi connectivity index (χ0n) is 14.4. The van der Waals surface area contributed by atoms with Crippen LogP contribution in [0, 0.1) is 19.7 Å². The molecule has 2 aromatic rings. The number of aromatic nitrogens is 1. The maximum Gasteiger partial charge on any atom is 0.279 e. The van der Waals surface area contributed by atoms with Gasteiger partial charge < -0.3 is 14.8 Å². The van der Waals surface area contributed by atoms with Crippen LogP contribution in [0.15, 0.2) is 30.3 Å². The Bertz CT molecular complexity index is 768. The van der Waals surface area contributed by atoms with Crippen LogP contribution in [-0.4, -0.2) is 36.4 Å². The fourth-order valence-electron chi connectivity index (χ4n) is 2.61. The van der Waals surface area contributed by atoms with Crippen LogP contribution in [0.5, 0.6) is 0 Å². The van der Waals surface area contributed by atoms with Crippen LogP contribution in [0.4, 0.5) is 10.1 Å². The maximum atomic E-state index is 13.1. The molecule has 1 heterocycles. The summed E-state index contributed by atoms with van der Waals surface area (Å²) in [7, 11) is 3.71. The second kappa shape index (κ2) is 7.40. The molecular formula is C18H23FN3O2+. The first-order chi connectivity index (χ1) is 11.3. The number of hydrogen-bond acceptors (Lipinski definition) is 2. The summed E-state index contributed by atoms with van der Waals surface area (Å²) in [5.74, 6) is -0.655. The zero-order valence-corrected chi connectivity index (χ0v) is 14.4. The lowest BCUT2D eigenvalue weighted by Crippen LogP contribution is -3.11. The normalized spacial score (nSPS) is 12.0. The van der Waals surface area contributed by atoms with Gasteiger partial charge in [0.2, 0.25) is 5.78 Å². The second-order valence-corrected chi connectivity index (χ2v) is 6.14. The summed E-state index contributed by atoms with van der Waals surface area (Å²) in [6.07, 6.45) is 0. The molecule has 0 aliphatic rings. The number of quaternary nitrogens is 1. The van der Waals surface area contributed by atoms with E-state index in [0.29, 0.717) is 11.3 Å². The molecule has 0 aliphatic carbocycles. The topological polar surface area (TPSA) is 55.5 Å². The molecule has 0 saturated heterocycles. The smallest absolute Gasteiger partial charge is 0.279 e. The lowest BCUT2D eigenvalue weighted by molar-refractivity contribution is -0.861. The van der Waals surface area contributed by atoms with Crippen molar-refractivity contribution < 1.29 is 18.9 Å². The molecule has 1 atom stereocenters. The Labute approximate surface area is 141 Å². The molecule has 1 amide bonds. The highest BCUT2D eigenvalue weighted by molar-refractivity contribution is 5.98. The maximum absolute atomic E-state index is 13.1. The van der Waals surface area contributed by atoms with Crippen molar-refractivity contribution in [2.24, 2.45) is 7.05 Å². The molecule has 5 nitrogen and oxygen atoms in total. The van der Waals surface area contributed by atoms with Gasteiger partial charge in [-0.05, 0) is 38.1 Å². The minimum atomic E-state index is -0.404. The first-order valence-corrected chi connectivity index (χ1v) is 7.80. The lowest BCUT2D eigenvalue weighted by atomic mass is 10.1. The van der Waals surface area contributed by atoms with E-state index >= 15 is 0 Å². The molecule has 2 N–H and O–H groups in total. The number of hydrogen-bond donors (Lipinski definition) is 2. The third-order valence-corrected chi connectivity index (χ3v) is 4.11. The molecule has 0 saturated carbocycles. The number of aryl methyl sites for hydroxylation is 1. The number of nitrogens with zero attached hydrogens (tertiary/aromatic N) is 1. The molecule has 0 aliphatic heterocycles. The molecule has 1 aromatic carbocycles. The predicted molar refractivity (Wildman–Crippen MR) is 90.9 cm³/mol. The Kier molecular flexibility index (Phi) is 5.51. The summed E-state index contributed by atoms with van der Waals surface area (Å²) in [4.78, 5) is 25.2. The van der Waals surface area contributed by atoms with Crippen molar-refractivity contribution in [3.63, 3.8) is 0 Å². The van der Waals surface area contributed by atoms with Crippen molar-refractivity contribution in [1.82, 2.24) is 4.57 Å². The van der Waals surface area contributed by atoms with Crippen LogP contribution in [-0.2, 0) is 11.8 Å². The quantitative estimate of drug-likeness (QED) is 0.779. The number of nitrogens with one attached hydrogen (secondary N) is 2. The van der Waals surface area contributed by atoms with E-state index in [2.05, 4.69) is 5.32 Å². The Morgan fingerprint density at radius 3 is 2.50 bits per heavy atom. The Balaban J connectivity index is 1.92. The van der Waals surface area contributed by atoms with Gasteiger partial charge in [-0.2, -0.15) is 0 Å². The molecule has 1 unspecified atom stereocenters. The van der Waals surface area contributed by atoms with Gasteiger partial charge in [0.15, 0.2) is 6.54 Å². The summed E-state index contributed by atoms with van der Waals surface area (Å²) in [6, 6.07) is 7.60. The number of carbonyl (C=O) groups excluding carboxylic acids is 2. The number of halogens is 1. The van der Waals surface area contributed by atoms with Crippen LogP contribution in [0.3, 0.4) is 0 Å². The Morgan fingerprint density at radius 2 is 1.92 bits per heavy atom. The van der Waals surface area contributed by atoms with Gasteiger partial charge in [-0.1, -0.05) is 6.07 Å². The summed E-state index contributed by atoms with van der Waals surface area (Å²) in [5.41, 5.74) is 3.06. The molecular weight excluding hydrogens is 309 g/mol. The molecule has 0 bridgehead atoms. The Morgan fingerprint density at radius 1 is 1.21 bits per heavy atom. The van der Waals surface area contributed by atoms with Crippen LogP contribution < -0.4 is 10.2 Å². The van der Waals surface area contributed by atoms with E-state index < -0.39 is 5.82 Å². The van der Waals surface area contributed by atoms with Crippen LogP contribution in [0.1, 0.15) is 21.7 Å². The largest absolute Gasteiger partial charge is 0.351 e. The molecule has 6 heteroatoms. The zero-order chi connectivity index (χ0) is 17.9. The van der Waals surface area contributed by atoms with E-state index in [0.717, 1.165) is 16.3 Å². The number of carbonyl (C=O) groups is 2. The van der Waals surface area contributed by atoms with Gasteiger partial charge in [-0.25, -0.2) is 4.39 Å². The lowest BCUT2D eigenvalue weighted by Gasteiger charge is -2.13. The van der Waals surface area contributed by atoms with Gasteiger partial charge in [0.05, 0.1) is 7.05 Å². The van der Waals surface area contributed by atoms with Crippen LogP contribution in [0.25, 0.3) is 0 Å². The highest BCUT2D eigenvalue weighted by Crippen LogP contribution is 2.13. The molecule has 2 rings (SSSR count). The highest BCUT2D eigenvalue weighted by atomic mass is 19.1. The first kappa shape index (κ1) is 17.9. The van der Waals surface area contributed by atoms with E-state index in [-0.39, 0.29) is 24.8 Å². The molecule has 24 heavy (non-hydrogen) atoms. The summed E-state index contributed by atoms with van der Waals surface area (Å²) in [5, 5.41) is 2.64. The third kappa shape index (κ3) is 4.29. The highest BCUT2D eigenvalue weighted by Gasteiger charge is 2.19. The Hall–Kier alpha value is -2.47. The average Bonchev–Trinajstić information content (AvgIpc) is 2.74. The number of Topliss-reactive ketones (excluding diaryl/α,β-unsaturated/α-hetero) is 1. The fourth-order valence-corrected chi connectivity index (χ4v) is 2.61. The fraction of sp³-hybridized carbons (Fsp3) is 0.333.